The summed E-state index contributed by atoms with van der Waals surface area (Å²) in [6, 6.07) is 5.65. The molecule has 0 aliphatic carbocycles. The molecule has 0 amide bonds. The van der Waals surface area contributed by atoms with Crippen LogP contribution >= 0.6 is 11.8 Å². The van der Waals surface area contributed by atoms with E-state index in [1.807, 2.05) is 49.7 Å². The van der Waals surface area contributed by atoms with E-state index in [4.69, 9.17) is 0 Å². The van der Waals surface area contributed by atoms with Gasteiger partial charge in [0.2, 0.25) is 0 Å². The molecule has 21 heavy (non-hydrogen) atoms. The first-order valence-corrected chi connectivity index (χ1v) is 7.63. The summed E-state index contributed by atoms with van der Waals surface area (Å²) in [5, 5.41) is 3.66. The normalized spacial score (nSPS) is 13.9. The van der Waals surface area contributed by atoms with Crippen molar-refractivity contribution < 1.29 is 0 Å². The van der Waals surface area contributed by atoms with Crippen molar-refractivity contribution in [3.8, 4) is 0 Å². The van der Waals surface area contributed by atoms with Crippen LogP contribution in [-0.4, -0.2) is 9.97 Å². The Hall–Kier alpha value is -2.27. The molecule has 1 aromatic heterocycles. The molecule has 0 atom stereocenters. The SMILES string of the molecule is Cc1cccc2c(=O)[nH]c(CSC3=CC=CNC=C3)nc12. The molecule has 3 rings (SSSR count). The lowest BCUT2D eigenvalue weighted by Gasteiger charge is -2.05. The van der Waals surface area contributed by atoms with Crippen LogP contribution in [-0.2, 0) is 5.75 Å². The summed E-state index contributed by atoms with van der Waals surface area (Å²) in [5.74, 6) is 1.33. The van der Waals surface area contributed by atoms with Crippen molar-refractivity contribution in [2.45, 2.75) is 12.7 Å². The largest absolute Gasteiger partial charge is 0.368 e. The van der Waals surface area contributed by atoms with Crippen molar-refractivity contribution in [2.75, 3.05) is 0 Å². The van der Waals surface area contributed by atoms with Gasteiger partial charge in [-0.2, -0.15) is 0 Å². The molecule has 2 aromatic rings. The Bertz CT molecular complexity index is 818. The summed E-state index contributed by atoms with van der Waals surface area (Å²) in [6.45, 7) is 1.97. The van der Waals surface area contributed by atoms with Gasteiger partial charge >= 0.3 is 0 Å². The molecular formula is C16H15N3OS. The number of thioether (sulfide) groups is 1. The van der Waals surface area contributed by atoms with Crippen molar-refractivity contribution in [1.29, 1.82) is 0 Å². The highest BCUT2D eigenvalue weighted by Crippen LogP contribution is 2.22. The molecule has 2 heterocycles. The van der Waals surface area contributed by atoms with E-state index >= 15 is 0 Å². The van der Waals surface area contributed by atoms with Gasteiger partial charge in [-0.1, -0.05) is 12.1 Å². The van der Waals surface area contributed by atoms with E-state index in [0.717, 1.165) is 16.0 Å². The number of para-hydroxylation sites is 1. The lowest BCUT2D eigenvalue weighted by Crippen LogP contribution is -2.11. The maximum atomic E-state index is 12.1. The van der Waals surface area contributed by atoms with Gasteiger partial charge in [0.05, 0.1) is 16.7 Å². The molecular weight excluding hydrogens is 282 g/mol. The van der Waals surface area contributed by atoms with Gasteiger partial charge in [0.1, 0.15) is 5.82 Å². The lowest BCUT2D eigenvalue weighted by molar-refractivity contribution is 1.04. The van der Waals surface area contributed by atoms with Crippen LogP contribution in [0.25, 0.3) is 10.9 Å². The van der Waals surface area contributed by atoms with Gasteiger partial charge in [0.15, 0.2) is 0 Å². The summed E-state index contributed by atoms with van der Waals surface area (Å²) in [7, 11) is 0. The second-order valence-electron chi connectivity index (χ2n) is 4.70. The van der Waals surface area contributed by atoms with Crippen LogP contribution in [0, 0.1) is 6.92 Å². The zero-order valence-corrected chi connectivity index (χ0v) is 12.4. The van der Waals surface area contributed by atoms with Gasteiger partial charge in [-0.3, -0.25) is 4.79 Å². The van der Waals surface area contributed by atoms with E-state index < -0.39 is 0 Å². The molecule has 0 spiro atoms. The van der Waals surface area contributed by atoms with Crippen LogP contribution in [0.4, 0.5) is 0 Å². The topological polar surface area (TPSA) is 57.8 Å². The maximum Gasteiger partial charge on any atom is 0.258 e. The zero-order chi connectivity index (χ0) is 14.7. The Morgan fingerprint density at radius 3 is 3.10 bits per heavy atom. The van der Waals surface area contributed by atoms with E-state index in [1.165, 1.54) is 0 Å². The average molecular weight is 297 g/mol. The molecule has 0 radical (unpaired) electrons. The smallest absolute Gasteiger partial charge is 0.258 e. The number of benzene rings is 1. The fourth-order valence-electron chi connectivity index (χ4n) is 2.11. The summed E-state index contributed by atoms with van der Waals surface area (Å²) in [4.78, 5) is 20.7. The second kappa shape index (κ2) is 6.01. The monoisotopic (exact) mass is 297 g/mol. The third-order valence-electron chi connectivity index (χ3n) is 3.16. The molecule has 0 saturated carbocycles. The van der Waals surface area contributed by atoms with Crippen LogP contribution in [0.1, 0.15) is 11.4 Å². The van der Waals surface area contributed by atoms with Gasteiger partial charge in [-0.05, 0) is 36.8 Å². The molecule has 0 unspecified atom stereocenters. The summed E-state index contributed by atoms with van der Waals surface area (Å²) < 4.78 is 0. The molecule has 4 nitrogen and oxygen atoms in total. The number of hydrogen-bond donors (Lipinski definition) is 2. The van der Waals surface area contributed by atoms with E-state index in [0.29, 0.717) is 17.0 Å². The number of nitrogens with one attached hydrogen (secondary N) is 2. The minimum absolute atomic E-state index is 0.0775. The number of aromatic nitrogens is 2. The van der Waals surface area contributed by atoms with E-state index in [1.54, 1.807) is 17.8 Å². The van der Waals surface area contributed by atoms with Crippen LogP contribution < -0.4 is 10.9 Å². The Morgan fingerprint density at radius 1 is 1.29 bits per heavy atom. The van der Waals surface area contributed by atoms with Gasteiger partial charge in [0.25, 0.3) is 5.56 Å². The highest BCUT2D eigenvalue weighted by molar-refractivity contribution is 8.02. The number of hydrogen-bond acceptors (Lipinski definition) is 4. The number of nitrogens with zero attached hydrogens (tertiary/aromatic N) is 1. The number of H-pyrrole nitrogens is 1. The van der Waals surface area contributed by atoms with Gasteiger partial charge in [0, 0.05) is 17.3 Å². The molecule has 2 N–H and O–H groups in total. The predicted molar refractivity (Wildman–Crippen MR) is 87.9 cm³/mol. The van der Waals surface area contributed by atoms with Crippen molar-refractivity contribution in [3.63, 3.8) is 0 Å². The van der Waals surface area contributed by atoms with Crippen molar-refractivity contribution in [3.05, 3.63) is 75.5 Å². The quantitative estimate of drug-likeness (QED) is 0.914. The van der Waals surface area contributed by atoms with E-state index in [2.05, 4.69) is 15.3 Å². The molecule has 0 saturated heterocycles. The van der Waals surface area contributed by atoms with Gasteiger partial charge in [-0.15, -0.1) is 11.8 Å². The third kappa shape index (κ3) is 3.08. The Morgan fingerprint density at radius 2 is 2.19 bits per heavy atom. The van der Waals surface area contributed by atoms with Crippen molar-refractivity contribution in [2.24, 2.45) is 0 Å². The summed E-state index contributed by atoms with van der Waals surface area (Å²) >= 11 is 1.64. The van der Waals surface area contributed by atoms with Crippen molar-refractivity contribution in [1.82, 2.24) is 15.3 Å². The van der Waals surface area contributed by atoms with Gasteiger partial charge in [-0.25, -0.2) is 4.98 Å². The van der Waals surface area contributed by atoms with Crippen LogP contribution in [0.5, 0.6) is 0 Å². The average Bonchev–Trinajstić information content (AvgIpc) is 2.75. The third-order valence-corrected chi connectivity index (χ3v) is 4.18. The number of fused-ring (bicyclic) bond motifs is 1. The molecule has 5 heteroatoms. The van der Waals surface area contributed by atoms with Crippen LogP contribution in [0.3, 0.4) is 0 Å². The second-order valence-corrected chi connectivity index (χ2v) is 5.75. The lowest BCUT2D eigenvalue weighted by atomic mass is 10.1. The van der Waals surface area contributed by atoms with Crippen molar-refractivity contribution >= 4 is 22.7 Å². The standard InChI is InChI=1S/C16H15N3OS/c1-11-4-2-6-13-15(11)18-14(19-16(13)20)10-21-12-5-3-8-17-9-7-12/h2-9,17H,10H2,1H3,(H,18,19,20). The first kappa shape index (κ1) is 13.7. The zero-order valence-electron chi connectivity index (χ0n) is 11.6. The van der Waals surface area contributed by atoms with E-state index in [9.17, 15) is 4.79 Å². The predicted octanol–water partition coefficient (Wildman–Crippen LogP) is 2.98. The maximum absolute atomic E-state index is 12.1. The number of aromatic amines is 1. The van der Waals surface area contributed by atoms with Crippen LogP contribution in [0.15, 0.2) is 58.5 Å². The molecule has 0 bridgehead atoms. The minimum Gasteiger partial charge on any atom is -0.368 e. The molecule has 106 valence electrons. The summed E-state index contributed by atoms with van der Waals surface area (Å²) in [5.41, 5.74) is 1.72. The first-order chi connectivity index (χ1) is 10.2. The fraction of sp³-hybridized carbons (Fsp3) is 0.125. The number of rotatable bonds is 3. The number of allylic oxidation sites excluding steroid dienone is 3. The van der Waals surface area contributed by atoms with Crippen LogP contribution in [0.2, 0.25) is 0 Å². The Balaban J connectivity index is 1.88. The molecule has 0 fully saturated rings. The number of aryl methyl sites for hydroxylation is 1. The molecule has 1 aliphatic rings. The molecule has 1 aromatic carbocycles. The highest BCUT2D eigenvalue weighted by Gasteiger charge is 2.06. The Kier molecular flexibility index (Phi) is 3.92. The van der Waals surface area contributed by atoms with Gasteiger partial charge < -0.3 is 10.3 Å². The minimum atomic E-state index is -0.0775. The fourth-order valence-corrected chi connectivity index (χ4v) is 2.89. The Labute approximate surface area is 126 Å². The van der Waals surface area contributed by atoms with E-state index in [-0.39, 0.29) is 5.56 Å². The first-order valence-electron chi connectivity index (χ1n) is 6.65. The highest BCUT2D eigenvalue weighted by atomic mass is 32.2. The summed E-state index contributed by atoms with van der Waals surface area (Å²) in [6.07, 6.45) is 9.70. The molecule has 1 aliphatic heterocycles.